The van der Waals surface area contributed by atoms with Crippen molar-refractivity contribution < 1.29 is 4.74 Å². The molecule has 1 heterocycles. The zero-order valence-electron chi connectivity index (χ0n) is 10.9. The Bertz CT molecular complexity index is 493. The van der Waals surface area contributed by atoms with Crippen molar-refractivity contribution in [3.8, 4) is 5.75 Å². The fourth-order valence-electron chi connectivity index (χ4n) is 1.85. The Balaban J connectivity index is 1.74. The van der Waals surface area contributed by atoms with Crippen molar-refractivity contribution in [2.24, 2.45) is 7.05 Å². The molecule has 0 saturated heterocycles. The number of aryl methyl sites for hydroxylation is 1. The molecule has 0 aliphatic rings. The van der Waals surface area contributed by atoms with Crippen LogP contribution in [0.3, 0.4) is 0 Å². The van der Waals surface area contributed by atoms with Crippen molar-refractivity contribution in [2.75, 3.05) is 13.7 Å². The number of hydrogen-bond acceptors (Lipinski definition) is 3. The molecule has 0 spiro atoms. The molecule has 0 fully saturated rings. The lowest BCUT2D eigenvalue weighted by atomic mass is 10.2. The van der Waals surface area contributed by atoms with Gasteiger partial charge in [0.1, 0.15) is 5.75 Å². The topological polar surface area (TPSA) is 39.1 Å². The maximum absolute atomic E-state index is 5.19. The van der Waals surface area contributed by atoms with E-state index < -0.39 is 0 Å². The molecule has 18 heavy (non-hydrogen) atoms. The number of methoxy groups -OCH3 is 1. The Hall–Kier alpha value is -1.81. The zero-order valence-corrected chi connectivity index (χ0v) is 10.9. The molecule has 0 atom stereocenters. The van der Waals surface area contributed by atoms with Gasteiger partial charge in [-0.2, -0.15) is 5.10 Å². The molecule has 0 unspecified atom stereocenters. The summed E-state index contributed by atoms with van der Waals surface area (Å²) in [6.07, 6.45) is 4.96. The first-order chi connectivity index (χ1) is 8.78. The van der Waals surface area contributed by atoms with Gasteiger partial charge in [0, 0.05) is 19.8 Å². The third kappa shape index (κ3) is 3.60. The number of aromatic nitrogens is 2. The van der Waals surface area contributed by atoms with Gasteiger partial charge in [0.05, 0.1) is 13.3 Å². The van der Waals surface area contributed by atoms with Crippen LogP contribution in [0.15, 0.2) is 36.7 Å². The second-order valence-electron chi connectivity index (χ2n) is 4.30. The summed E-state index contributed by atoms with van der Waals surface area (Å²) >= 11 is 0. The summed E-state index contributed by atoms with van der Waals surface area (Å²) in [7, 11) is 3.63. The average molecular weight is 245 g/mol. The molecule has 1 aromatic carbocycles. The van der Waals surface area contributed by atoms with Crippen molar-refractivity contribution in [3.05, 3.63) is 47.8 Å². The van der Waals surface area contributed by atoms with E-state index in [-0.39, 0.29) is 0 Å². The van der Waals surface area contributed by atoms with Gasteiger partial charge >= 0.3 is 0 Å². The van der Waals surface area contributed by atoms with E-state index in [2.05, 4.69) is 22.5 Å². The third-order valence-electron chi connectivity index (χ3n) is 2.81. The summed E-state index contributed by atoms with van der Waals surface area (Å²) in [6, 6.07) is 8.12. The molecule has 2 rings (SSSR count). The van der Waals surface area contributed by atoms with E-state index in [1.54, 1.807) is 7.11 Å². The Morgan fingerprint density at radius 3 is 2.94 bits per heavy atom. The SMILES string of the molecule is COc1cccc(CNCCc2cnn(C)c2)c1. The van der Waals surface area contributed by atoms with Crippen molar-refractivity contribution in [2.45, 2.75) is 13.0 Å². The highest BCUT2D eigenvalue weighted by Gasteiger charge is 1.97. The first-order valence-corrected chi connectivity index (χ1v) is 6.09. The number of nitrogens with one attached hydrogen (secondary N) is 1. The van der Waals surface area contributed by atoms with Crippen molar-refractivity contribution in [1.29, 1.82) is 0 Å². The number of benzene rings is 1. The van der Waals surface area contributed by atoms with Crippen LogP contribution in [-0.4, -0.2) is 23.4 Å². The maximum atomic E-state index is 5.19. The summed E-state index contributed by atoms with van der Waals surface area (Å²) in [5, 5.41) is 7.57. The summed E-state index contributed by atoms with van der Waals surface area (Å²) in [5.74, 6) is 0.904. The molecule has 0 aliphatic heterocycles. The van der Waals surface area contributed by atoms with E-state index in [4.69, 9.17) is 4.74 Å². The molecule has 1 N–H and O–H groups in total. The van der Waals surface area contributed by atoms with E-state index in [0.29, 0.717) is 0 Å². The predicted octanol–water partition coefficient (Wildman–Crippen LogP) is 1.76. The normalized spacial score (nSPS) is 10.6. The first kappa shape index (κ1) is 12.6. The molecule has 0 aliphatic carbocycles. The van der Waals surface area contributed by atoms with E-state index in [0.717, 1.165) is 25.3 Å². The molecule has 1 aromatic heterocycles. The maximum Gasteiger partial charge on any atom is 0.119 e. The van der Waals surface area contributed by atoms with Gasteiger partial charge in [-0.25, -0.2) is 0 Å². The summed E-state index contributed by atoms with van der Waals surface area (Å²) in [4.78, 5) is 0. The Labute approximate surface area is 108 Å². The van der Waals surface area contributed by atoms with Gasteiger partial charge in [0.15, 0.2) is 0 Å². The van der Waals surface area contributed by atoms with Crippen molar-refractivity contribution >= 4 is 0 Å². The molecular formula is C14H19N3O. The minimum Gasteiger partial charge on any atom is -0.497 e. The van der Waals surface area contributed by atoms with Crippen LogP contribution in [0.4, 0.5) is 0 Å². The molecule has 0 saturated carbocycles. The molecular weight excluding hydrogens is 226 g/mol. The van der Waals surface area contributed by atoms with Crippen molar-refractivity contribution in [3.63, 3.8) is 0 Å². The number of ether oxygens (including phenoxy) is 1. The predicted molar refractivity (Wildman–Crippen MR) is 71.6 cm³/mol. The van der Waals surface area contributed by atoms with Crippen LogP contribution in [0.25, 0.3) is 0 Å². The van der Waals surface area contributed by atoms with Crippen LogP contribution in [0, 0.1) is 0 Å². The number of rotatable bonds is 6. The monoisotopic (exact) mass is 245 g/mol. The molecule has 0 radical (unpaired) electrons. The average Bonchev–Trinajstić information content (AvgIpc) is 2.81. The van der Waals surface area contributed by atoms with Gasteiger partial charge in [0.2, 0.25) is 0 Å². The lowest BCUT2D eigenvalue weighted by Gasteiger charge is -2.06. The van der Waals surface area contributed by atoms with Crippen LogP contribution < -0.4 is 10.1 Å². The van der Waals surface area contributed by atoms with Crippen LogP contribution >= 0.6 is 0 Å². The Morgan fingerprint density at radius 2 is 2.22 bits per heavy atom. The Morgan fingerprint density at radius 1 is 1.33 bits per heavy atom. The van der Waals surface area contributed by atoms with E-state index >= 15 is 0 Å². The summed E-state index contributed by atoms with van der Waals surface area (Å²) in [5.41, 5.74) is 2.50. The van der Waals surface area contributed by atoms with Crippen LogP contribution in [-0.2, 0) is 20.0 Å². The summed E-state index contributed by atoms with van der Waals surface area (Å²) in [6.45, 7) is 1.81. The van der Waals surface area contributed by atoms with E-state index in [1.807, 2.05) is 36.3 Å². The second kappa shape index (κ2) is 6.21. The van der Waals surface area contributed by atoms with Crippen molar-refractivity contribution in [1.82, 2.24) is 15.1 Å². The van der Waals surface area contributed by atoms with Crippen LogP contribution in [0.1, 0.15) is 11.1 Å². The third-order valence-corrected chi connectivity index (χ3v) is 2.81. The van der Waals surface area contributed by atoms with E-state index in [1.165, 1.54) is 11.1 Å². The molecule has 4 heteroatoms. The van der Waals surface area contributed by atoms with Gasteiger partial charge in [-0.15, -0.1) is 0 Å². The van der Waals surface area contributed by atoms with Gasteiger partial charge in [-0.3, -0.25) is 4.68 Å². The Kier molecular flexibility index (Phi) is 4.36. The fourth-order valence-corrected chi connectivity index (χ4v) is 1.85. The molecule has 0 bridgehead atoms. The smallest absolute Gasteiger partial charge is 0.119 e. The molecule has 2 aromatic rings. The molecule has 96 valence electrons. The zero-order chi connectivity index (χ0) is 12.8. The van der Waals surface area contributed by atoms with Gasteiger partial charge < -0.3 is 10.1 Å². The van der Waals surface area contributed by atoms with Gasteiger partial charge in [0.25, 0.3) is 0 Å². The summed E-state index contributed by atoms with van der Waals surface area (Å²) < 4.78 is 7.03. The number of hydrogen-bond donors (Lipinski definition) is 1. The highest BCUT2D eigenvalue weighted by molar-refractivity contribution is 5.28. The minimum atomic E-state index is 0.859. The highest BCUT2D eigenvalue weighted by atomic mass is 16.5. The minimum absolute atomic E-state index is 0.859. The quantitative estimate of drug-likeness (QED) is 0.788. The lowest BCUT2D eigenvalue weighted by Crippen LogP contribution is -2.16. The standard InChI is InChI=1S/C14H19N3O/c1-17-11-13(10-16-17)6-7-15-9-12-4-3-5-14(8-12)18-2/h3-5,8,10-11,15H,6-7,9H2,1-2H3. The lowest BCUT2D eigenvalue weighted by molar-refractivity contribution is 0.414. The van der Waals surface area contributed by atoms with E-state index in [9.17, 15) is 0 Å². The highest BCUT2D eigenvalue weighted by Crippen LogP contribution is 2.12. The first-order valence-electron chi connectivity index (χ1n) is 6.09. The largest absolute Gasteiger partial charge is 0.497 e. The fraction of sp³-hybridized carbons (Fsp3) is 0.357. The number of nitrogens with zero attached hydrogens (tertiary/aromatic N) is 2. The van der Waals surface area contributed by atoms with Crippen LogP contribution in [0.2, 0.25) is 0 Å². The molecule has 4 nitrogen and oxygen atoms in total. The van der Waals surface area contributed by atoms with Crippen LogP contribution in [0.5, 0.6) is 5.75 Å². The second-order valence-corrected chi connectivity index (χ2v) is 4.30. The molecule has 0 amide bonds. The van der Waals surface area contributed by atoms with Gasteiger partial charge in [-0.1, -0.05) is 12.1 Å². The van der Waals surface area contributed by atoms with Gasteiger partial charge in [-0.05, 0) is 36.2 Å².